The van der Waals surface area contributed by atoms with Crippen LogP contribution in [0.1, 0.15) is 43.6 Å². The minimum Gasteiger partial charge on any atom is -0.464 e. The molecule has 1 N–H and O–H groups in total. The van der Waals surface area contributed by atoms with Gasteiger partial charge in [0.05, 0.1) is 6.54 Å². The number of rotatable bonds is 4. The molecular weight excluding hydrogens is 174 g/mol. The van der Waals surface area contributed by atoms with E-state index in [1.165, 1.54) is 25.0 Å². The minimum absolute atomic E-state index is 0.713. The van der Waals surface area contributed by atoms with E-state index in [2.05, 4.69) is 24.4 Å². The Morgan fingerprint density at radius 2 is 2.21 bits per heavy atom. The van der Waals surface area contributed by atoms with Crippen LogP contribution in [0, 0.1) is 5.92 Å². The minimum atomic E-state index is 0.713. The predicted octanol–water partition coefficient (Wildman–Crippen LogP) is 2.66. The van der Waals surface area contributed by atoms with Crippen molar-refractivity contribution in [2.24, 2.45) is 5.92 Å². The molecule has 0 unspecified atom stereocenters. The highest BCUT2D eigenvalue weighted by Crippen LogP contribution is 2.47. The summed E-state index contributed by atoms with van der Waals surface area (Å²) in [6.07, 6.45) is 3.99. The maximum absolute atomic E-state index is 5.79. The molecule has 2 aliphatic rings. The summed E-state index contributed by atoms with van der Waals surface area (Å²) < 4.78 is 5.79. The summed E-state index contributed by atoms with van der Waals surface area (Å²) in [6, 6.07) is 5.04. The topological polar surface area (TPSA) is 25.2 Å². The third-order valence-corrected chi connectivity index (χ3v) is 3.30. The second-order valence-electron chi connectivity index (χ2n) is 4.78. The zero-order valence-corrected chi connectivity index (χ0v) is 8.62. The molecule has 0 aliphatic heterocycles. The van der Waals surface area contributed by atoms with Crippen LogP contribution in [0.3, 0.4) is 0 Å². The van der Waals surface area contributed by atoms with Gasteiger partial charge in [-0.2, -0.15) is 0 Å². The number of nitrogens with one attached hydrogen (secondary N) is 1. The first kappa shape index (κ1) is 8.54. The van der Waals surface area contributed by atoms with Gasteiger partial charge in [0.2, 0.25) is 0 Å². The van der Waals surface area contributed by atoms with E-state index in [1.54, 1.807) is 0 Å². The SMILES string of the molecule is C[C@H]1C[C@H]1c1ccc(CNC2CC2)o1. The van der Waals surface area contributed by atoms with Crippen LogP contribution in [-0.2, 0) is 6.54 Å². The molecule has 0 spiro atoms. The lowest BCUT2D eigenvalue weighted by atomic mass is 10.3. The van der Waals surface area contributed by atoms with Crippen molar-refractivity contribution in [2.75, 3.05) is 0 Å². The van der Waals surface area contributed by atoms with Gasteiger partial charge < -0.3 is 9.73 Å². The maximum Gasteiger partial charge on any atom is 0.117 e. The molecule has 14 heavy (non-hydrogen) atoms. The second-order valence-corrected chi connectivity index (χ2v) is 4.78. The quantitative estimate of drug-likeness (QED) is 0.791. The molecule has 1 aromatic rings. The summed E-state index contributed by atoms with van der Waals surface area (Å²) in [5.41, 5.74) is 0. The molecule has 1 aromatic heterocycles. The Labute approximate surface area is 84.7 Å². The highest BCUT2D eigenvalue weighted by Gasteiger charge is 2.36. The van der Waals surface area contributed by atoms with E-state index in [9.17, 15) is 0 Å². The van der Waals surface area contributed by atoms with Gasteiger partial charge in [0, 0.05) is 12.0 Å². The van der Waals surface area contributed by atoms with Gasteiger partial charge in [0.25, 0.3) is 0 Å². The lowest BCUT2D eigenvalue weighted by Gasteiger charge is -1.98. The van der Waals surface area contributed by atoms with Gasteiger partial charge in [-0.15, -0.1) is 0 Å². The smallest absolute Gasteiger partial charge is 0.117 e. The molecule has 2 heteroatoms. The van der Waals surface area contributed by atoms with Gasteiger partial charge in [-0.25, -0.2) is 0 Å². The highest BCUT2D eigenvalue weighted by atomic mass is 16.3. The van der Waals surface area contributed by atoms with Gasteiger partial charge in [-0.3, -0.25) is 0 Å². The maximum atomic E-state index is 5.79. The molecular formula is C12H17NO. The van der Waals surface area contributed by atoms with Crippen molar-refractivity contribution in [3.05, 3.63) is 23.7 Å². The predicted molar refractivity (Wildman–Crippen MR) is 55.1 cm³/mol. The van der Waals surface area contributed by atoms with Crippen LogP contribution in [0.15, 0.2) is 16.5 Å². The first-order valence-electron chi connectivity index (χ1n) is 5.65. The first-order chi connectivity index (χ1) is 6.83. The van der Waals surface area contributed by atoms with Crippen LogP contribution in [0.4, 0.5) is 0 Å². The molecule has 0 aromatic carbocycles. The molecule has 76 valence electrons. The molecule has 2 fully saturated rings. The molecule has 3 rings (SSSR count). The van der Waals surface area contributed by atoms with Crippen LogP contribution in [0.25, 0.3) is 0 Å². The summed E-state index contributed by atoms with van der Waals surface area (Å²) in [5, 5.41) is 3.46. The van der Waals surface area contributed by atoms with Crippen LogP contribution >= 0.6 is 0 Å². The first-order valence-corrected chi connectivity index (χ1v) is 5.65. The molecule has 2 saturated carbocycles. The normalized spacial score (nSPS) is 30.6. The summed E-state index contributed by atoms with van der Waals surface area (Å²) in [7, 11) is 0. The Kier molecular flexibility index (Phi) is 1.91. The summed E-state index contributed by atoms with van der Waals surface area (Å²) >= 11 is 0. The molecule has 2 atom stereocenters. The van der Waals surface area contributed by atoms with E-state index < -0.39 is 0 Å². The van der Waals surface area contributed by atoms with Gasteiger partial charge in [0.15, 0.2) is 0 Å². The molecule has 0 radical (unpaired) electrons. The molecule has 0 amide bonds. The molecule has 1 heterocycles. The number of furan rings is 1. The zero-order valence-electron chi connectivity index (χ0n) is 8.62. The average Bonchev–Trinajstić information content (AvgIpc) is 3.07. The Morgan fingerprint density at radius 1 is 1.43 bits per heavy atom. The average molecular weight is 191 g/mol. The van der Waals surface area contributed by atoms with Crippen LogP contribution in [-0.4, -0.2) is 6.04 Å². The van der Waals surface area contributed by atoms with Gasteiger partial charge in [-0.1, -0.05) is 6.92 Å². The standard InChI is InChI=1S/C12H17NO/c1-8-6-11(8)12-5-4-10(14-12)7-13-9-2-3-9/h4-5,8-9,11,13H,2-3,6-7H2,1H3/t8-,11+/m0/s1. The van der Waals surface area contributed by atoms with Crippen molar-refractivity contribution < 1.29 is 4.42 Å². The van der Waals surface area contributed by atoms with E-state index in [0.29, 0.717) is 5.92 Å². The zero-order chi connectivity index (χ0) is 9.54. The summed E-state index contributed by atoms with van der Waals surface area (Å²) in [6.45, 7) is 3.20. The van der Waals surface area contributed by atoms with Crippen molar-refractivity contribution in [3.63, 3.8) is 0 Å². The molecule has 0 bridgehead atoms. The number of hydrogen-bond acceptors (Lipinski definition) is 2. The largest absolute Gasteiger partial charge is 0.464 e. The van der Waals surface area contributed by atoms with E-state index in [0.717, 1.165) is 24.3 Å². The van der Waals surface area contributed by atoms with Crippen LogP contribution < -0.4 is 5.32 Å². The molecule has 0 saturated heterocycles. The van der Waals surface area contributed by atoms with E-state index in [4.69, 9.17) is 4.42 Å². The third-order valence-electron chi connectivity index (χ3n) is 3.30. The van der Waals surface area contributed by atoms with Crippen LogP contribution in [0.2, 0.25) is 0 Å². The lowest BCUT2D eigenvalue weighted by Crippen LogP contribution is -2.14. The Balaban J connectivity index is 1.59. The van der Waals surface area contributed by atoms with Crippen molar-refractivity contribution >= 4 is 0 Å². The van der Waals surface area contributed by atoms with E-state index in [1.807, 2.05) is 0 Å². The fourth-order valence-corrected chi connectivity index (χ4v) is 1.94. The monoisotopic (exact) mass is 191 g/mol. The third kappa shape index (κ3) is 1.71. The van der Waals surface area contributed by atoms with Crippen molar-refractivity contribution in [1.82, 2.24) is 5.32 Å². The van der Waals surface area contributed by atoms with Gasteiger partial charge in [0.1, 0.15) is 11.5 Å². The van der Waals surface area contributed by atoms with Crippen molar-refractivity contribution in [2.45, 2.75) is 44.7 Å². The Morgan fingerprint density at radius 3 is 2.86 bits per heavy atom. The van der Waals surface area contributed by atoms with Crippen molar-refractivity contribution in [3.8, 4) is 0 Å². The van der Waals surface area contributed by atoms with Gasteiger partial charge in [-0.05, 0) is 37.3 Å². The van der Waals surface area contributed by atoms with E-state index in [-0.39, 0.29) is 0 Å². The Bertz CT molecular complexity index is 327. The molecule has 2 nitrogen and oxygen atoms in total. The van der Waals surface area contributed by atoms with Crippen molar-refractivity contribution in [1.29, 1.82) is 0 Å². The summed E-state index contributed by atoms with van der Waals surface area (Å²) in [5.74, 6) is 3.85. The second kappa shape index (κ2) is 3.13. The van der Waals surface area contributed by atoms with Gasteiger partial charge >= 0.3 is 0 Å². The highest BCUT2D eigenvalue weighted by molar-refractivity contribution is 5.17. The number of hydrogen-bond donors (Lipinski definition) is 1. The Hall–Kier alpha value is -0.760. The lowest BCUT2D eigenvalue weighted by molar-refractivity contribution is 0.443. The van der Waals surface area contributed by atoms with E-state index >= 15 is 0 Å². The van der Waals surface area contributed by atoms with Crippen LogP contribution in [0.5, 0.6) is 0 Å². The molecule has 2 aliphatic carbocycles. The fraction of sp³-hybridized carbons (Fsp3) is 0.667. The fourth-order valence-electron chi connectivity index (χ4n) is 1.94. The summed E-state index contributed by atoms with van der Waals surface area (Å²) in [4.78, 5) is 0.